The van der Waals surface area contributed by atoms with Crippen LogP contribution in [0, 0.1) is 5.41 Å². The first-order valence-electron chi connectivity index (χ1n) is 17.8. The number of nitrogens with one attached hydrogen (secondary N) is 2. The Morgan fingerprint density at radius 1 is 1.03 bits per heavy atom. The van der Waals surface area contributed by atoms with Gasteiger partial charge in [0.2, 0.25) is 11.8 Å². The van der Waals surface area contributed by atoms with Crippen molar-refractivity contribution < 1.29 is 80.5 Å². The molecule has 10 N–H and O–H groups in total. The number of aliphatic hydroxyl groups excluding tert-OH is 2. The SMILES string of the molecule is CCC/C=C/CCCC(=O)SCCNC(=O)CCNC(=O)C(O)C(C)(C)COP(=O)(O)OP(=O)(O)OCC1OC(n2cnc3c(N)ncnc32)C(O)C1OP(=O)(O)O. The molecular formula is C30H50N7O17P3S. The summed E-state index contributed by atoms with van der Waals surface area (Å²) < 4.78 is 62.2. The predicted molar refractivity (Wildman–Crippen MR) is 205 cm³/mol. The molecule has 0 aliphatic carbocycles. The van der Waals surface area contributed by atoms with E-state index in [1.54, 1.807) is 0 Å². The van der Waals surface area contributed by atoms with E-state index in [-0.39, 0.29) is 41.6 Å². The highest BCUT2D eigenvalue weighted by Crippen LogP contribution is 2.61. The number of amides is 2. The number of allylic oxidation sites excluding steroid dienone is 2. The van der Waals surface area contributed by atoms with Crippen LogP contribution in [0.2, 0.25) is 0 Å². The van der Waals surface area contributed by atoms with Crippen LogP contribution in [-0.2, 0) is 50.7 Å². The van der Waals surface area contributed by atoms with Gasteiger partial charge < -0.3 is 50.9 Å². The molecule has 1 fully saturated rings. The molecule has 0 radical (unpaired) electrons. The lowest BCUT2D eigenvalue weighted by Gasteiger charge is -2.30. The zero-order valence-electron chi connectivity index (χ0n) is 31.8. The Labute approximate surface area is 337 Å². The van der Waals surface area contributed by atoms with E-state index in [1.807, 2.05) is 0 Å². The fraction of sp³-hybridized carbons (Fsp3) is 0.667. The van der Waals surface area contributed by atoms with Crippen molar-refractivity contribution in [3.63, 3.8) is 0 Å². The molecule has 2 aromatic rings. The Morgan fingerprint density at radius 2 is 1.72 bits per heavy atom. The van der Waals surface area contributed by atoms with Crippen LogP contribution in [-0.4, -0.2) is 123 Å². The van der Waals surface area contributed by atoms with E-state index in [0.29, 0.717) is 12.2 Å². The van der Waals surface area contributed by atoms with E-state index in [0.717, 1.165) is 54.7 Å². The highest BCUT2D eigenvalue weighted by Gasteiger charge is 2.50. The number of fused-ring (bicyclic) bond motifs is 1. The first-order chi connectivity index (χ1) is 27.1. The smallest absolute Gasteiger partial charge is 0.386 e. The number of ether oxygens (including phenoxy) is 1. The molecule has 1 saturated heterocycles. The number of thioether (sulfide) groups is 1. The summed E-state index contributed by atoms with van der Waals surface area (Å²) in [4.78, 5) is 87.7. The molecule has 0 bridgehead atoms. The number of carbonyl (C=O) groups excluding carboxylic acids is 3. The number of imidazole rings is 1. The number of hydrogen-bond donors (Lipinski definition) is 9. The number of phosphoric ester groups is 3. The second-order valence-corrected chi connectivity index (χ2v) is 18.8. The van der Waals surface area contributed by atoms with Gasteiger partial charge in [0.05, 0.1) is 19.5 Å². The highest BCUT2D eigenvalue weighted by molar-refractivity contribution is 8.13. The highest BCUT2D eigenvalue weighted by atomic mass is 32.2. The van der Waals surface area contributed by atoms with Gasteiger partial charge >= 0.3 is 23.5 Å². The zero-order valence-corrected chi connectivity index (χ0v) is 35.3. The van der Waals surface area contributed by atoms with Gasteiger partial charge in [-0.1, -0.05) is 51.1 Å². The summed E-state index contributed by atoms with van der Waals surface area (Å²) in [5.41, 5.74) is 4.27. The molecule has 7 unspecified atom stereocenters. The zero-order chi connectivity index (χ0) is 43.3. The topological polar surface area (TPSA) is 364 Å². The monoisotopic (exact) mass is 905 g/mol. The van der Waals surface area contributed by atoms with Crippen molar-refractivity contribution in [3.8, 4) is 0 Å². The molecule has 7 atom stereocenters. The average Bonchev–Trinajstić information content (AvgIpc) is 3.69. The molecule has 0 aromatic carbocycles. The number of carbonyl (C=O) groups is 3. The van der Waals surface area contributed by atoms with Gasteiger partial charge in [0, 0.05) is 37.1 Å². The minimum absolute atomic E-state index is 0.0232. The van der Waals surface area contributed by atoms with Crippen molar-refractivity contribution in [2.45, 2.75) is 89.9 Å². The maximum atomic E-state index is 12.7. The Kier molecular flexibility index (Phi) is 19.0. The third-order valence-corrected chi connectivity index (χ3v) is 12.2. The quantitative estimate of drug-likeness (QED) is 0.0384. The van der Waals surface area contributed by atoms with Gasteiger partial charge in [-0.05, 0) is 19.3 Å². The number of anilines is 1. The number of nitrogens with two attached hydrogens (primary N) is 1. The summed E-state index contributed by atoms with van der Waals surface area (Å²) in [7, 11) is -16.4. The number of aliphatic hydroxyl groups is 2. The van der Waals surface area contributed by atoms with E-state index in [4.69, 9.17) is 19.5 Å². The second-order valence-electron chi connectivity index (χ2n) is 13.4. The van der Waals surface area contributed by atoms with Gasteiger partial charge in [-0.2, -0.15) is 4.31 Å². The van der Waals surface area contributed by atoms with Crippen molar-refractivity contribution in [2.24, 2.45) is 5.41 Å². The van der Waals surface area contributed by atoms with Gasteiger partial charge in [-0.15, -0.1) is 0 Å². The molecule has 58 heavy (non-hydrogen) atoms. The number of aromatic nitrogens is 4. The normalized spacial score (nSPS) is 21.5. The number of nitrogen functional groups attached to an aromatic ring is 1. The van der Waals surface area contributed by atoms with Crippen LogP contribution in [0.3, 0.4) is 0 Å². The Morgan fingerprint density at radius 3 is 2.41 bits per heavy atom. The maximum absolute atomic E-state index is 12.7. The van der Waals surface area contributed by atoms with Crippen molar-refractivity contribution >= 4 is 69.1 Å². The number of unbranched alkanes of at least 4 members (excludes halogenated alkanes) is 2. The number of rotatable bonds is 25. The lowest BCUT2D eigenvalue weighted by molar-refractivity contribution is -0.137. The largest absolute Gasteiger partial charge is 0.481 e. The summed E-state index contributed by atoms with van der Waals surface area (Å²) in [6, 6.07) is 0. The summed E-state index contributed by atoms with van der Waals surface area (Å²) in [5, 5.41) is 26.5. The third kappa shape index (κ3) is 16.1. The molecule has 3 heterocycles. The van der Waals surface area contributed by atoms with Crippen molar-refractivity contribution in [2.75, 3.05) is 37.8 Å². The van der Waals surface area contributed by atoms with E-state index in [9.17, 15) is 57.9 Å². The summed E-state index contributed by atoms with van der Waals surface area (Å²) in [5.74, 6) is -1.06. The van der Waals surface area contributed by atoms with Crippen molar-refractivity contribution in [1.82, 2.24) is 30.2 Å². The summed E-state index contributed by atoms with van der Waals surface area (Å²) in [6.07, 6.45) is 1.32. The van der Waals surface area contributed by atoms with Gasteiger partial charge in [0.25, 0.3) is 0 Å². The van der Waals surface area contributed by atoms with Gasteiger partial charge in [0.15, 0.2) is 22.8 Å². The molecule has 28 heteroatoms. The third-order valence-electron chi connectivity index (χ3n) is 8.14. The lowest BCUT2D eigenvalue weighted by Crippen LogP contribution is -2.46. The van der Waals surface area contributed by atoms with Crippen LogP contribution in [0.15, 0.2) is 24.8 Å². The molecule has 3 rings (SSSR count). The number of nitrogens with zero attached hydrogens (tertiary/aromatic N) is 4. The molecular weight excluding hydrogens is 855 g/mol. The van der Waals surface area contributed by atoms with Crippen LogP contribution in [0.1, 0.15) is 65.5 Å². The average molecular weight is 906 g/mol. The number of phosphoric acid groups is 3. The van der Waals surface area contributed by atoms with Crippen LogP contribution >= 0.6 is 35.2 Å². The molecule has 24 nitrogen and oxygen atoms in total. The molecule has 0 saturated carbocycles. The van der Waals surface area contributed by atoms with Crippen LogP contribution < -0.4 is 16.4 Å². The van der Waals surface area contributed by atoms with Crippen LogP contribution in [0.25, 0.3) is 11.2 Å². The second kappa shape index (κ2) is 22.2. The molecule has 328 valence electrons. The van der Waals surface area contributed by atoms with E-state index < -0.39 is 84.6 Å². The fourth-order valence-electron chi connectivity index (χ4n) is 5.13. The molecule has 1 aliphatic heterocycles. The molecule has 2 amide bonds. The Balaban J connectivity index is 1.44. The summed E-state index contributed by atoms with van der Waals surface area (Å²) >= 11 is 1.11. The minimum Gasteiger partial charge on any atom is -0.386 e. The van der Waals surface area contributed by atoms with E-state index in [2.05, 4.69) is 53.5 Å². The first-order valence-corrected chi connectivity index (χ1v) is 23.3. The van der Waals surface area contributed by atoms with Gasteiger partial charge in [-0.25, -0.2) is 28.6 Å². The minimum atomic E-state index is -5.57. The molecule has 1 aliphatic rings. The Hall–Kier alpha value is -2.70. The van der Waals surface area contributed by atoms with E-state index >= 15 is 0 Å². The predicted octanol–water partition coefficient (Wildman–Crippen LogP) is 1.19. The van der Waals surface area contributed by atoms with Gasteiger partial charge in [-0.3, -0.25) is 32.5 Å². The van der Waals surface area contributed by atoms with Crippen LogP contribution in [0.5, 0.6) is 0 Å². The standard InChI is InChI=1S/C30H50N7O17P3S/c1-4-5-6-7-8-9-10-21(39)58-14-13-32-20(38)11-12-33-28(42)25(41)30(2,3)16-51-57(48,49)54-56(46,47)50-15-19-24(53-55(43,44)45)23(40)29(52-19)37-18-36-22-26(31)34-17-35-27(22)37/h6-7,17-19,23-25,29,40-41H,4-5,8-16H2,1-3H3,(H,32,38)(H,33,42)(H,46,47)(H,48,49)(H2,31,34,35)(H2,43,44,45)/b7-6+. The van der Waals surface area contributed by atoms with Crippen molar-refractivity contribution in [3.05, 3.63) is 24.8 Å². The molecule has 2 aromatic heterocycles. The van der Waals surface area contributed by atoms with Crippen LogP contribution in [0.4, 0.5) is 5.82 Å². The van der Waals surface area contributed by atoms with Crippen molar-refractivity contribution in [1.29, 1.82) is 0 Å². The first kappa shape index (κ1) is 49.7. The summed E-state index contributed by atoms with van der Waals surface area (Å²) in [6.45, 7) is 2.62. The fourth-order valence-corrected chi connectivity index (χ4v) is 8.68. The Bertz CT molecular complexity index is 1880. The maximum Gasteiger partial charge on any atom is 0.481 e. The molecule has 0 spiro atoms. The van der Waals surface area contributed by atoms with Gasteiger partial charge in [0.1, 0.15) is 36.3 Å². The number of hydrogen-bond acceptors (Lipinski definition) is 18. The van der Waals surface area contributed by atoms with E-state index in [1.165, 1.54) is 13.8 Å². The lowest BCUT2D eigenvalue weighted by atomic mass is 9.87.